The Bertz CT molecular complexity index is 578. The molecular formula is C20H31N3O2. The largest absolute Gasteiger partial charge is 0.353 e. The minimum atomic E-state index is 0.0793. The number of nitrogens with one attached hydrogen (secondary N) is 2. The van der Waals surface area contributed by atoms with Crippen molar-refractivity contribution in [3.63, 3.8) is 0 Å². The van der Waals surface area contributed by atoms with E-state index in [9.17, 15) is 9.59 Å². The second-order valence-electron chi connectivity index (χ2n) is 7.33. The van der Waals surface area contributed by atoms with E-state index in [0.717, 1.165) is 32.4 Å². The Balaban J connectivity index is 1.65. The number of amides is 2. The van der Waals surface area contributed by atoms with Crippen LogP contribution in [0.4, 0.5) is 0 Å². The van der Waals surface area contributed by atoms with Gasteiger partial charge in [0.15, 0.2) is 0 Å². The van der Waals surface area contributed by atoms with Crippen LogP contribution in [0.25, 0.3) is 0 Å². The van der Waals surface area contributed by atoms with Crippen molar-refractivity contribution in [1.29, 1.82) is 0 Å². The monoisotopic (exact) mass is 345 g/mol. The Hall–Kier alpha value is -1.88. The molecule has 5 nitrogen and oxygen atoms in total. The molecule has 2 amide bonds. The van der Waals surface area contributed by atoms with Gasteiger partial charge in [0, 0.05) is 31.6 Å². The van der Waals surface area contributed by atoms with Gasteiger partial charge in [0.05, 0.1) is 6.54 Å². The molecule has 1 saturated heterocycles. The lowest BCUT2D eigenvalue weighted by atomic mass is 10.0. The van der Waals surface area contributed by atoms with Crippen LogP contribution in [0.3, 0.4) is 0 Å². The van der Waals surface area contributed by atoms with Gasteiger partial charge in [-0.05, 0) is 45.6 Å². The highest BCUT2D eigenvalue weighted by molar-refractivity contribution is 5.78. The number of piperidine rings is 1. The lowest BCUT2D eigenvalue weighted by Gasteiger charge is -2.32. The summed E-state index contributed by atoms with van der Waals surface area (Å²) < 4.78 is 0. The maximum atomic E-state index is 12.2. The molecule has 1 aromatic rings. The van der Waals surface area contributed by atoms with E-state index in [1.807, 2.05) is 19.9 Å². The molecule has 0 aliphatic carbocycles. The van der Waals surface area contributed by atoms with Gasteiger partial charge in [-0.3, -0.25) is 14.5 Å². The van der Waals surface area contributed by atoms with Crippen molar-refractivity contribution >= 4 is 11.8 Å². The molecule has 1 aromatic carbocycles. The number of hydrogen-bond donors (Lipinski definition) is 2. The SMILES string of the molecule is Cc1cccc(CCC(=O)NC2CCN(CC(=O)NC(C)C)CC2)c1. The van der Waals surface area contributed by atoms with Crippen molar-refractivity contribution in [2.45, 2.75) is 58.5 Å². The van der Waals surface area contributed by atoms with E-state index in [1.54, 1.807) is 0 Å². The van der Waals surface area contributed by atoms with Crippen LogP contribution in [0.15, 0.2) is 24.3 Å². The van der Waals surface area contributed by atoms with Crippen molar-refractivity contribution in [2.75, 3.05) is 19.6 Å². The molecule has 1 aliphatic heterocycles. The van der Waals surface area contributed by atoms with Crippen molar-refractivity contribution in [3.8, 4) is 0 Å². The smallest absolute Gasteiger partial charge is 0.234 e. The third-order valence-corrected chi connectivity index (χ3v) is 4.49. The molecule has 2 N–H and O–H groups in total. The van der Waals surface area contributed by atoms with Crippen LogP contribution in [0.5, 0.6) is 0 Å². The third kappa shape index (κ3) is 7.26. The highest BCUT2D eigenvalue weighted by atomic mass is 16.2. The molecule has 0 atom stereocenters. The number of benzene rings is 1. The van der Waals surface area contributed by atoms with E-state index in [1.165, 1.54) is 11.1 Å². The fourth-order valence-electron chi connectivity index (χ4n) is 3.23. The summed E-state index contributed by atoms with van der Waals surface area (Å²) in [5.41, 5.74) is 2.44. The van der Waals surface area contributed by atoms with Gasteiger partial charge in [0.1, 0.15) is 0 Å². The second-order valence-corrected chi connectivity index (χ2v) is 7.33. The molecular weight excluding hydrogens is 314 g/mol. The van der Waals surface area contributed by atoms with Crippen LogP contribution in [-0.4, -0.2) is 48.4 Å². The normalized spacial score (nSPS) is 16.0. The van der Waals surface area contributed by atoms with Crippen LogP contribution in [0.1, 0.15) is 44.2 Å². The van der Waals surface area contributed by atoms with Crippen LogP contribution in [0.2, 0.25) is 0 Å². The van der Waals surface area contributed by atoms with Crippen molar-refractivity contribution < 1.29 is 9.59 Å². The second kappa shape index (κ2) is 9.56. The molecule has 1 aliphatic rings. The van der Waals surface area contributed by atoms with E-state index in [2.05, 4.69) is 40.7 Å². The van der Waals surface area contributed by atoms with Gasteiger partial charge in [-0.15, -0.1) is 0 Å². The van der Waals surface area contributed by atoms with Gasteiger partial charge >= 0.3 is 0 Å². The number of aryl methyl sites for hydroxylation is 2. The molecule has 138 valence electrons. The van der Waals surface area contributed by atoms with E-state index in [0.29, 0.717) is 13.0 Å². The molecule has 5 heteroatoms. The summed E-state index contributed by atoms with van der Waals surface area (Å²) >= 11 is 0. The fourth-order valence-corrected chi connectivity index (χ4v) is 3.23. The van der Waals surface area contributed by atoms with Crippen LogP contribution < -0.4 is 10.6 Å². The van der Waals surface area contributed by atoms with E-state index in [4.69, 9.17) is 0 Å². The van der Waals surface area contributed by atoms with Gasteiger partial charge in [0.25, 0.3) is 0 Å². The summed E-state index contributed by atoms with van der Waals surface area (Å²) in [5.74, 6) is 0.202. The van der Waals surface area contributed by atoms with Gasteiger partial charge < -0.3 is 10.6 Å². The van der Waals surface area contributed by atoms with Crippen molar-refractivity contribution in [3.05, 3.63) is 35.4 Å². The molecule has 1 heterocycles. The number of hydrogen-bond acceptors (Lipinski definition) is 3. The standard InChI is InChI=1S/C20H31N3O2/c1-15(2)21-20(25)14-23-11-9-18(10-12-23)22-19(24)8-7-17-6-4-5-16(3)13-17/h4-6,13,15,18H,7-12,14H2,1-3H3,(H,21,25)(H,22,24). The first-order chi connectivity index (χ1) is 11.9. The van der Waals surface area contributed by atoms with E-state index >= 15 is 0 Å². The minimum absolute atomic E-state index is 0.0793. The predicted octanol–water partition coefficient (Wildman–Crippen LogP) is 2.03. The fraction of sp³-hybridized carbons (Fsp3) is 0.600. The average molecular weight is 345 g/mol. The van der Waals surface area contributed by atoms with Crippen molar-refractivity contribution in [2.24, 2.45) is 0 Å². The van der Waals surface area contributed by atoms with Gasteiger partial charge in [-0.2, -0.15) is 0 Å². The van der Waals surface area contributed by atoms with Crippen LogP contribution >= 0.6 is 0 Å². The first-order valence-corrected chi connectivity index (χ1v) is 9.29. The molecule has 0 bridgehead atoms. The lowest BCUT2D eigenvalue weighted by Crippen LogP contribution is -2.48. The number of nitrogens with zero attached hydrogens (tertiary/aromatic N) is 1. The summed E-state index contributed by atoms with van der Waals surface area (Å²) in [6.45, 7) is 8.17. The summed E-state index contributed by atoms with van der Waals surface area (Å²) in [6, 6.07) is 8.72. The Morgan fingerprint density at radius 2 is 1.92 bits per heavy atom. The summed E-state index contributed by atoms with van der Waals surface area (Å²) in [5, 5.41) is 6.06. The van der Waals surface area contributed by atoms with Crippen LogP contribution in [0, 0.1) is 6.92 Å². The van der Waals surface area contributed by atoms with Gasteiger partial charge in [0.2, 0.25) is 11.8 Å². The zero-order valence-electron chi connectivity index (χ0n) is 15.7. The Morgan fingerprint density at radius 3 is 2.56 bits per heavy atom. The quantitative estimate of drug-likeness (QED) is 0.795. The van der Waals surface area contributed by atoms with Gasteiger partial charge in [-0.1, -0.05) is 29.8 Å². The molecule has 0 aromatic heterocycles. The first kappa shape index (κ1) is 19.4. The molecule has 2 rings (SSSR count). The zero-order chi connectivity index (χ0) is 18.2. The third-order valence-electron chi connectivity index (χ3n) is 4.49. The molecule has 1 fully saturated rings. The minimum Gasteiger partial charge on any atom is -0.353 e. The number of rotatable bonds is 7. The number of carbonyl (C=O) groups is 2. The molecule has 0 saturated carbocycles. The van der Waals surface area contributed by atoms with E-state index < -0.39 is 0 Å². The van der Waals surface area contributed by atoms with E-state index in [-0.39, 0.29) is 23.9 Å². The highest BCUT2D eigenvalue weighted by Crippen LogP contribution is 2.11. The number of likely N-dealkylation sites (tertiary alicyclic amines) is 1. The molecule has 0 spiro atoms. The van der Waals surface area contributed by atoms with Crippen LogP contribution in [-0.2, 0) is 16.0 Å². The summed E-state index contributed by atoms with van der Waals surface area (Å²) in [4.78, 5) is 26.1. The van der Waals surface area contributed by atoms with Gasteiger partial charge in [-0.25, -0.2) is 0 Å². The molecule has 0 unspecified atom stereocenters. The zero-order valence-corrected chi connectivity index (χ0v) is 15.7. The highest BCUT2D eigenvalue weighted by Gasteiger charge is 2.22. The average Bonchev–Trinajstić information content (AvgIpc) is 2.54. The molecule has 25 heavy (non-hydrogen) atoms. The number of carbonyl (C=O) groups excluding carboxylic acids is 2. The Morgan fingerprint density at radius 1 is 1.20 bits per heavy atom. The Labute approximate surface area is 151 Å². The lowest BCUT2D eigenvalue weighted by molar-refractivity contribution is -0.124. The maximum Gasteiger partial charge on any atom is 0.234 e. The molecule has 0 radical (unpaired) electrons. The summed E-state index contributed by atoms with van der Waals surface area (Å²) in [7, 11) is 0. The predicted molar refractivity (Wildman–Crippen MR) is 100 cm³/mol. The van der Waals surface area contributed by atoms with Crippen molar-refractivity contribution in [1.82, 2.24) is 15.5 Å². The first-order valence-electron chi connectivity index (χ1n) is 9.29. The maximum absolute atomic E-state index is 12.2. The topological polar surface area (TPSA) is 61.4 Å². The summed E-state index contributed by atoms with van der Waals surface area (Å²) in [6.07, 6.45) is 3.12. The Kier molecular flexibility index (Phi) is 7.44.